The van der Waals surface area contributed by atoms with Crippen LogP contribution >= 0.6 is 0 Å². The third kappa shape index (κ3) is 1.47. The van der Waals surface area contributed by atoms with Crippen LogP contribution in [0, 0.1) is 6.92 Å². The summed E-state index contributed by atoms with van der Waals surface area (Å²) in [6.07, 6.45) is 1.28. The molecular formula is C2H5N2. The molecule has 0 rings (SSSR count). The number of hydrogen-bond donors (Lipinski definition) is 1. The minimum atomic E-state index is 1.28. The van der Waals surface area contributed by atoms with Crippen molar-refractivity contribution in [3.63, 3.8) is 0 Å². The van der Waals surface area contributed by atoms with Crippen molar-refractivity contribution in [3.8, 4) is 0 Å². The lowest BCUT2D eigenvalue weighted by molar-refractivity contribution is 1.27. The Balaban J connectivity index is 2.55. The predicted molar refractivity (Wildman–Crippen MR) is 18.0 cm³/mol. The molecule has 0 amide bonds. The van der Waals surface area contributed by atoms with Crippen LogP contribution in [0.15, 0.2) is 5.10 Å². The highest BCUT2D eigenvalue weighted by molar-refractivity contribution is 5.60. The van der Waals surface area contributed by atoms with Gasteiger partial charge in [0, 0.05) is 6.21 Å². The number of nitrogens with zero attached hydrogens (tertiary/aromatic N) is 1. The highest BCUT2D eigenvalue weighted by Crippen LogP contribution is 1.29. The quantitative estimate of drug-likeness (QED) is 0.233. The largest absolute Gasteiger partial charge is 0.324 e. The van der Waals surface area contributed by atoms with Gasteiger partial charge in [0.2, 0.25) is 0 Å². The molecule has 0 saturated carbocycles. The Hall–Kier alpha value is -0.530. The second kappa shape index (κ2) is 2.47. The van der Waals surface area contributed by atoms with Gasteiger partial charge in [0.1, 0.15) is 0 Å². The number of rotatable bonds is 0. The Bertz CT molecular complexity index is 19.2. The van der Waals surface area contributed by atoms with Gasteiger partial charge in [0.15, 0.2) is 0 Å². The van der Waals surface area contributed by atoms with Crippen molar-refractivity contribution in [1.29, 1.82) is 0 Å². The van der Waals surface area contributed by atoms with Crippen molar-refractivity contribution in [1.82, 2.24) is 0 Å². The monoisotopic (exact) mass is 57.0 g/mol. The molecule has 0 aliphatic rings. The van der Waals surface area contributed by atoms with Crippen molar-refractivity contribution in [2.24, 2.45) is 10.9 Å². The molecule has 0 unspecified atom stereocenters. The van der Waals surface area contributed by atoms with Crippen LogP contribution in [0.4, 0.5) is 0 Å². The molecule has 1 radical (unpaired) electrons. The molecule has 0 aliphatic carbocycles. The second-order valence-electron chi connectivity index (χ2n) is 0.332. The van der Waals surface area contributed by atoms with Gasteiger partial charge in [0.05, 0.1) is 0 Å². The Morgan fingerprint density at radius 2 is 2.25 bits per heavy atom. The summed E-state index contributed by atoms with van der Waals surface area (Å²) in [7, 11) is 0. The molecule has 0 atom stereocenters. The average Bonchev–Trinajstić information content (AvgIpc) is 1.37. The van der Waals surface area contributed by atoms with Crippen LogP contribution in [0.1, 0.15) is 0 Å². The summed E-state index contributed by atoms with van der Waals surface area (Å²) in [5.41, 5.74) is 0. The molecule has 0 bridgehead atoms. The van der Waals surface area contributed by atoms with Gasteiger partial charge in [-0.2, -0.15) is 5.10 Å². The van der Waals surface area contributed by atoms with E-state index in [0.29, 0.717) is 0 Å². The highest BCUT2D eigenvalue weighted by atomic mass is 15.1. The zero-order valence-electron chi connectivity index (χ0n) is 2.31. The third-order valence-electron chi connectivity index (χ3n) is 0.105. The molecule has 0 aromatic carbocycles. The molecule has 0 fully saturated rings. The van der Waals surface area contributed by atoms with Crippen LogP contribution in [0.5, 0.6) is 0 Å². The summed E-state index contributed by atoms with van der Waals surface area (Å²) in [4.78, 5) is 0. The average molecular weight is 57.1 g/mol. The van der Waals surface area contributed by atoms with E-state index in [9.17, 15) is 0 Å². The number of nitrogens with two attached hydrogens (primary N) is 1. The van der Waals surface area contributed by atoms with Crippen LogP contribution in [0.25, 0.3) is 0 Å². The first kappa shape index (κ1) is 3.47. The van der Waals surface area contributed by atoms with Gasteiger partial charge >= 0.3 is 0 Å². The summed E-state index contributed by atoms with van der Waals surface area (Å²) in [5.74, 6) is 4.53. The van der Waals surface area contributed by atoms with E-state index in [4.69, 9.17) is 0 Å². The zero-order valence-corrected chi connectivity index (χ0v) is 2.31. The summed E-state index contributed by atoms with van der Waals surface area (Å²) in [6.45, 7) is 3.19. The van der Waals surface area contributed by atoms with E-state index in [1.165, 1.54) is 6.21 Å². The Kier molecular flexibility index (Phi) is 2.14. The number of hydrogen-bond acceptors (Lipinski definition) is 2. The first-order valence-corrected chi connectivity index (χ1v) is 0.925. The van der Waals surface area contributed by atoms with E-state index in [1.54, 1.807) is 0 Å². The molecule has 0 aromatic rings. The van der Waals surface area contributed by atoms with E-state index in [0.717, 1.165) is 0 Å². The predicted octanol–water partition coefficient (Wildman–Crippen LogP) is -0.235. The van der Waals surface area contributed by atoms with Crippen molar-refractivity contribution in [3.05, 3.63) is 6.92 Å². The fourth-order valence-corrected chi connectivity index (χ4v) is 0. The fourth-order valence-electron chi connectivity index (χ4n) is 0. The van der Waals surface area contributed by atoms with Crippen LogP contribution in [0.2, 0.25) is 0 Å². The second-order valence-corrected chi connectivity index (χ2v) is 0.332. The molecule has 0 spiro atoms. The molecule has 2 heteroatoms. The molecule has 0 heterocycles. The lowest BCUT2D eigenvalue weighted by Gasteiger charge is -1.55. The van der Waals surface area contributed by atoms with Gasteiger partial charge in [-0.3, -0.25) is 0 Å². The van der Waals surface area contributed by atoms with Crippen LogP contribution in [-0.4, -0.2) is 6.21 Å². The standard InChI is InChI=1S/C2H5N2/c1-2-4-3/h2H,1,3H2/b4-2+. The molecule has 0 aliphatic heterocycles. The summed E-state index contributed by atoms with van der Waals surface area (Å²) in [5, 5.41) is 3.00. The van der Waals surface area contributed by atoms with Crippen molar-refractivity contribution in [2.75, 3.05) is 0 Å². The maximum atomic E-state index is 4.53. The van der Waals surface area contributed by atoms with Crippen molar-refractivity contribution >= 4 is 6.21 Å². The van der Waals surface area contributed by atoms with E-state index in [2.05, 4.69) is 17.9 Å². The Labute approximate surface area is 25.3 Å². The van der Waals surface area contributed by atoms with Gasteiger partial charge in [-0.1, -0.05) is 0 Å². The fraction of sp³-hybridized carbons (Fsp3) is 0. The van der Waals surface area contributed by atoms with Crippen LogP contribution in [0.3, 0.4) is 0 Å². The topological polar surface area (TPSA) is 38.4 Å². The number of hydrazone groups is 1. The minimum Gasteiger partial charge on any atom is -0.324 e. The Morgan fingerprint density at radius 3 is 2.25 bits per heavy atom. The summed E-state index contributed by atoms with van der Waals surface area (Å²) in [6, 6.07) is 0. The van der Waals surface area contributed by atoms with Gasteiger partial charge in [-0.25, -0.2) is 0 Å². The molecule has 0 saturated heterocycles. The first-order chi connectivity index (χ1) is 1.91. The zero-order chi connectivity index (χ0) is 3.41. The normalized spacial score (nSPS) is 9.25. The lowest BCUT2D eigenvalue weighted by Crippen LogP contribution is -1.74. The molecule has 23 valence electrons. The smallest absolute Gasteiger partial charge is 0.0243 e. The van der Waals surface area contributed by atoms with E-state index in [1.807, 2.05) is 0 Å². The Morgan fingerprint density at radius 1 is 2.00 bits per heavy atom. The molecule has 4 heavy (non-hydrogen) atoms. The van der Waals surface area contributed by atoms with Gasteiger partial charge in [0.25, 0.3) is 0 Å². The lowest BCUT2D eigenvalue weighted by atomic mass is 10.9. The third-order valence-corrected chi connectivity index (χ3v) is 0.105. The maximum absolute atomic E-state index is 4.53. The van der Waals surface area contributed by atoms with E-state index >= 15 is 0 Å². The van der Waals surface area contributed by atoms with Crippen LogP contribution in [-0.2, 0) is 0 Å². The van der Waals surface area contributed by atoms with Gasteiger partial charge in [-0.15, -0.1) is 0 Å². The van der Waals surface area contributed by atoms with Crippen LogP contribution < -0.4 is 5.84 Å². The first-order valence-electron chi connectivity index (χ1n) is 0.925. The molecule has 2 nitrogen and oxygen atoms in total. The van der Waals surface area contributed by atoms with Crippen molar-refractivity contribution < 1.29 is 0 Å². The molecule has 2 N–H and O–H groups in total. The van der Waals surface area contributed by atoms with Gasteiger partial charge in [-0.05, 0) is 6.92 Å². The minimum absolute atomic E-state index is 1.28. The molecule has 0 aromatic heterocycles. The summed E-state index contributed by atoms with van der Waals surface area (Å²) >= 11 is 0. The maximum Gasteiger partial charge on any atom is 0.0243 e. The molecular weight excluding hydrogens is 52.0 g/mol. The van der Waals surface area contributed by atoms with Crippen molar-refractivity contribution in [2.45, 2.75) is 0 Å². The van der Waals surface area contributed by atoms with Gasteiger partial charge < -0.3 is 5.84 Å². The summed E-state index contributed by atoms with van der Waals surface area (Å²) < 4.78 is 0. The highest BCUT2D eigenvalue weighted by Gasteiger charge is 1.32. The SMILES string of the molecule is [CH2]/C=N/N. The van der Waals surface area contributed by atoms with E-state index < -0.39 is 0 Å². The van der Waals surface area contributed by atoms with E-state index in [-0.39, 0.29) is 0 Å².